The molecule has 1 saturated heterocycles. The number of methoxy groups -OCH3 is 1. The first kappa shape index (κ1) is 20.7. The van der Waals surface area contributed by atoms with Crippen molar-refractivity contribution in [2.24, 2.45) is 5.92 Å². The number of alkyl halides is 3. The summed E-state index contributed by atoms with van der Waals surface area (Å²) in [6.07, 6.45) is 2.72. The zero-order chi connectivity index (χ0) is 20.0. The number of benzene rings is 1. The van der Waals surface area contributed by atoms with Crippen LogP contribution in [0, 0.1) is 5.92 Å². The van der Waals surface area contributed by atoms with E-state index in [-0.39, 0.29) is 0 Å². The van der Waals surface area contributed by atoms with Crippen LogP contribution >= 0.6 is 0 Å². The van der Waals surface area contributed by atoms with Crippen LogP contribution < -0.4 is 0 Å². The highest BCUT2D eigenvalue weighted by atomic mass is 19.4. The number of aromatic nitrogens is 2. The Morgan fingerprint density at radius 3 is 2.64 bits per heavy atom. The third-order valence-electron chi connectivity index (χ3n) is 5.19. The van der Waals surface area contributed by atoms with Gasteiger partial charge in [0.1, 0.15) is 6.61 Å². The van der Waals surface area contributed by atoms with E-state index in [2.05, 4.69) is 14.9 Å². The molecule has 0 N–H and O–H groups in total. The maximum Gasteiger partial charge on any atom is 0.416 e. The fraction of sp³-hybridized carbons (Fsp3) is 0.524. The van der Waals surface area contributed by atoms with Crippen LogP contribution in [-0.4, -0.2) is 35.1 Å². The van der Waals surface area contributed by atoms with Gasteiger partial charge in [-0.15, -0.1) is 0 Å². The molecule has 2 heterocycles. The van der Waals surface area contributed by atoms with Gasteiger partial charge in [-0.25, -0.2) is 9.97 Å². The van der Waals surface area contributed by atoms with E-state index >= 15 is 0 Å². The van der Waals surface area contributed by atoms with Gasteiger partial charge in [-0.1, -0.05) is 18.2 Å². The van der Waals surface area contributed by atoms with Crippen molar-refractivity contribution in [3.63, 3.8) is 0 Å². The molecule has 0 radical (unpaired) electrons. The number of ether oxygens (including phenoxy) is 1. The number of likely N-dealkylation sites (tertiary alicyclic amines) is 1. The molecule has 1 aliphatic heterocycles. The second kappa shape index (κ2) is 9.47. The predicted octanol–water partition coefficient (Wildman–Crippen LogP) is 4.49. The first-order valence-electron chi connectivity index (χ1n) is 9.62. The normalized spacial score (nSPS) is 18.4. The largest absolute Gasteiger partial charge is 0.416 e. The Balaban J connectivity index is 1.54. The zero-order valence-electron chi connectivity index (χ0n) is 16.1. The highest BCUT2D eigenvalue weighted by Gasteiger charge is 2.33. The number of nitrogens with zero attached hydrogens (tertiary/aromatic N) is 3. The van der Waals surface area contributed by atoms with E-state index in [1.807, 2.05) is 12.4 Å². The van der Waals surface area contributed by atoms with Crippen molar-refractivity contribution in [2.75, 3.05) is 20.2 Å². The summed E-state index contributed by atoms with van der Waals surface area (Å²) in [6.45, 7) is 3.05. The fourth-order valence-corrected chi connectivity index (χ4v) is 3.83. The van der Waals surface area contributed by atoms with Crippen LogP contribution in [0.25, 0.3) is 0 Å². The number of aryl methyl sites for hydroxylation is 1. The summed E-state index contributed by atoms with van der Waals surface area (Å²) in [5, 5.41) is 0. The number of hydrogen-bond donors (Lipinski definition) is 0. The van der Waals surface area contributed by atoms with Gasteiger partial charge in [-0.05, 0) is 49.8 Å². The molecule has 4 nitrogen and oxygen atoms in total. The van der Waals surface area contributed by atoms with Crippen LogP contribution in [0.2, 0.25) is 0 Å². The number of hydrogen-bond acceptors (Lipinski definition) is 4. The van der Waals surface area contributed by atoms with Crippen molar-refractivity contribution in [1.82, 2.24) is 14.9 Å². The van der Waals surface area contributed by atoms with E-state index in [0.717, 1.165) is 44.5 Å². The van der Waals surface area contributed by atoms with Gasteiger partial charge >= 0.3 is 6.18 Å². The number of rotatable bonds is 7. The van der Waals surface area contributed by atoms with Gasteiger partial charge < -0.3 is 4.74 Å². The fourth-order valence-electron chi connectivity index (χ4n) is 3.83. The lowest BCUT2D eigenvalue weighted by atomic mass is 9.90. The van der Waals surface area contributed by atoms with Crippen molar-refractivity contribution in [3.8, 4) is 0 Å². The maximum atomic E-state index is 13.2. The van der Waals surface area contributed by atoms with Gasteiger partial charge in [0.25, 0.3) is 0 Å². The smallest absolute Gasteiger partial charge is 0.377 e. The van der Waals surface area contributed by atoms with Crippen molar-refractivity contribution in [3.05, 3.63) is 59.2 Å². The molecule has 0 amide bonds. The Morgan fingerprint density at radius 2 is 1.93 bits per heavy atom. The first-order chi connectivity index (χ1) is 13.5. The summed E-state index contributed by atoms with van der Waals surface area (Å²) >= 11 is 0. The summed E-state index contributed by atoms with van der Waals surface area (Å²) in [5.74, 6) is 1.06. The van der Waals surface area contributed by atoms with Gasteiger partial charge in [0.2, 0.25) is 0 Å². The van der Waals surface area contributed by atoms with E-state index in [0.29, 0.717) is 30.3 Å². The Kier molecular flexibility index (Phi) is 7.02. The molecule has 28 heavy (non-hydrogen) atoms. The van der Waals surface area contributed by atoms with Crippen LogP contribution in [0.3, 0.4) is 0 Å². The highest BCUT2D eigenvalue weighted by molar-refractivity contribution is 5.29. The summed E-state index contributed by atoms with van der Waals surface area (Å²) < 4.78 is 44.5. The molecule has 1 atom stereocenters. The molecule has 7 heteroatoms. The minimum atomic E-state index is -4.29. The first-order valence-corrected chi connectivity index (χ1v) is 9.62. The molecule has 1 unspecified atom stereocenters. The number of halogens is 3. The van der Waals surface area contributed by atoms with E-state index in [1.165, 1.54) is 12.1 Å². The molecular formula is C21H26F3N3O. The summed E-state index contributed by atoms with van der Waals surface area (Å²) in [4.78, 5) is 10.9. The molecule has 1 aromatic carbocycles. The van der Waals surface area contributed by atoms with Gasteiger partial charge in [0, 0.05) is 38.2 Å². The molecule has 0 saturated carbocycles. The van der Waals surface area contributed by atoms with Gasteiger partial charge in [0.15, 0.2) is 5.82 Å². The molecular weight excluding hydrogens is 367 g/mol. The van der Waals surface area contributed by atoms with Gasteiger partial charge in [-0.2, -0.15) is 13.2 Å². The average molecular weight is 393 g/mol. The lowest BCUT2D eigenvalue weighted by Gasteiger charge is -2.32. The average Bonchev–Trinajstić information content (AvgIpc) is 2.68. The number of piperidine rings is 1. The SMILES string of the molecule is COCc1ncc(CN2CCCC(CCc3ccccc3C(F)(F)F)C2)cn1. The quantitative estimate of drug-likeness (QED) is 0.695. The zero-order valence-corrected chi connectivity index (χ0v) is 16.1. The van der Waals surface area contributed by atoms with Crippen LogP contribution in [0.1, 0.15) is 41.8 Å². The molecule has 2 aromatic rings. The minimum Gasteiger partial charge on any atom is -0.377 e. The summed E-state index contributed by atoms with van der Waals surface area (Å²) in [6, 6.07) is 5.91. The molecule has 152 valence electrons. The Morgan fingerprint density at radius 1 is 1.18 bits per heavy atom. The van der Waals surface area contributed by atoms with Crippen molar-refractivity contribution in [2.45, 2.75) is 45.0 Å². The second-order valence-electron chi connectivity index (χ2n) is 7.38. The standard InChI is InChI=1S/C21H26F3N3O/c1-28-15-20-25-11-17(12-26-20)14-27-10-4-5-16(13-27)8-9-18-6-2-3-7-19(18)21(22,23)24/h2-3,6-7,11-12,16H,4-5,8-10,13-15H2,1H3. The van der Waals surface area contributed by atoms with E-state index in [4.69, 9.17) is 4.74 Å². The summed E-state index contributed by atoms with van der Waals surface area (Å²) in [5.41, 5.74) is 0.938. The van der Waals surface area contributed by atoms with Crippen LogP contribution in [0.15, 0.2) is 36.7 Å². The molecule has 1 aliphatic rings. The molecule has 0 bridgehead atoms. The lowest BCUT2D eigenvalue weighted by molar-refractivity contribution is -0.138. The third kappa shape index (κ3) is 5.75. The monoisotopic (exact) mass is 393 g/mol. The van der Waals surface area contributed by atoms with Crippen LogP contribution in [0.4, 0.5) is 13.2 Å². The van der Waals surface area contributed by atoms with Crippen molar-refractivity contribution in [1.29, 1.82) is 0 Å². The Hall–Kier alpha value is -1.99. The Bertz CT molecular complexity index is 749. The molecule has 1 fully saturated rings. The van der Waals surface area contributed by atoms with Gasteiger partial charge in [-0.3, -0.25) is 4.90 Å². The maximum absolute atomic E-state index is 13.2. The van der Waals surface area contributed by atoms with E-state index in [1.54, 1.807) is 19.2 Å². The molecule has 0 aliphatic carbocycles. The lowest BCUT2D eigenvalue weighted by Crippen LogP contribution is -2.35. The van der Waals surface area contributed by atoms with E-state index < -0.39 is 11.7 Å². The molecule has 1 aromatic heterocycles. The van der Waals surface area contributed by atoms with Gasteiger partial charge in [0.05, 0.1) is 5.56 Å². The van der Waals surface area contributed by atoms with Crippen LogP contribution in [-0.2, 0) is 30.5 Å². The summed E-state index contributed by atoms with van der Waals surface area (Å²) in [7, 11) is 1.61. The van der Waals surface area contributed by atoms with Crippen LogP contribution in [0.5, 0.6) is 0 Å². The molecule has 0 spiro atoms. The minimum absolute atomic E-state index is 0.394. The predicted molar refractivity (Wildman–Crippen MR) is 101 cm³/mol. The Labute approximate surface area is 163 Å². The highest BCUT2D eigenvalue weighted by Crippen LogP contribution is 2.33. The van der Waals surface area contributed by atoms with Crippen molar-refractivity contribution >= 4 is 0 Å². The third-order valence-corrected chi connectivity index (χ3v) is 5.19. The topological polar surface area (TPSA) is 38.2 Å². The van der Waals surface area contributed by atoms with E-state index in [9.17, 15) is 13.2 Å². The van der Waals surface area contributed by atoms with Crippen molar-refractivity contribution < 1.29 is 17.9 Å². The second-order valence-corrected chi connectivity index (χ2v) is 7.38. The molecule has 3 rings (SSSR count).